The van der Waals surface area contributed by atoms with Crippen LogP contribution in [0.2, 0.25) is 0 Å². The van der Waals surface area contributed by atoms with Crippen molar-refractivity contribution in [3.63, 3.8) is 0 Å². The molecular formula is C27H31N3O4. The maximum absolute atomic E-state index is 13.4. The van der Waals surface area contributed by atoms with Gasteiger partial charge in [-0.3, -0.25) is 9.59 Å². The third-order valence-electron chi connectivity index (χ3n) is 7.34. The lowest BCUT2D eigenvalue weighted by atomic mass is 9.79. The number of esters is 1. The van der Waals surface area contributed by atoms with E-state index in [1.807, 2.05) is 28.9 Å². The number of rotatable bonds is 6. The van der Waals surface area contributed by atoms with Gasteiger partial charge in [-0.2, -0.15) is 0 Å². The molecule has 0 saturated heterocycles. The van der Waals surface area contributed by atoms with Crippen LogP contribution in [-0.2, 0) is 16.1 Å². The number of carbonyl (C=O) groups excluding carboxylic acids is 2. The minimum absolute atomic E-state index is 0.0115. The van der Waals surface area contributed by atoms with Crippen molar-refractivity contribution < 1.29 is 18.7 Å². The summed E-state index contributed by atoms with van der Waals surface area (Å²) in [4.78, 5) is 25.2. The number of dihydropyridines is 1. The Labute approximate surface area is 199 Å². The number of aromatic nitrogens is 1. The third-order valence-corrected chi connectivity index (χ3v) is 7.34. The minimum Gasteiger partial charge on any atom is -0.469 e. The van der Waals surface area contributed by atoms with Crippen molar-refractivity contribution in [3.05, 3.63) is 71.8 Å². The van der Waals surface area contributed by atoms with Crippen LogP contribution in [0.15, 0.2) is 70.5 Å². The summed E-state index contributed by atoms with van der Waals surface area (Å²) in [5, 5.41) is 6.77. The molecule has 7 nitrogen and oxygen atoms in total. The molecular weight excluding hydrogens is 430 g/mol. The number of allylic oxidation sites excluding steroid dienone is 5. The van der Waals surface area contributed by atoms with Crippen LogP contribution in [0.5, 0.6) is 0 Å². The van der Waals surface area contributed by atoms with Crippen LogP contribution in [-0.4, -0.2) is 35.6 Å². The van der Waals surface area contributed by atoms with Gasteiger partial charge in [-0.05, 0) is 50.2 Å². The molecule has 2 aromatic heterocycles. The van der Waals surface area contributed by atoms with E-state index in [0.29, 0.717) is 23.7 Å². The van der Waals surface area contributed by atoms with Crippen molar-refractivity contribution in [2.24, 2.45) is 11.8 Å². The number of hydrogen-bond acceptors (Lipinski definition) is 5. The normalized spacial score (nSPS) is 24.6. The van der Waals surface area contributed by atoms with E-state index in [0.717, 1.165) is 36.9 Å². The highest BCUT2D eigenvalue weighted by Crippen LogP contribution is 2.32. The predicted molar refractivity (Wildman–Crippen MR) is 130 cm³/mol. The first-order valence-corrected chi connectivity index (χ1v) is 12.0. The lowest BCUT2D eigenvalue weighted by molar-refractivity contribution is -0.146. The summed E-state index contributed by atoms with van der Waals surface area (Å²) in [7, 11) is 1.44. The van der Waals surface area contributed by atoms with Crippen LogP contribution in [0, 0.1) is 11.8 Å². The Morgan fingerprint density at radius 1 is 1.24 bits per heavy atom. The lowest BCUT2D eigenvalue weighted by Crippen LogP contribution is -2.41. The SMILES string of the molecule is COC(=O)[C@H]1CC[C@H](C(C)NC(=O)c2cc3occc3n2CC2=CC=C3C=CC=CC3N2)CC1. The van der Waals surface area contributed by atoms with Gasteiger partial charge in [0.25, 0.3) is 5.91 Å². The molecule has 34 heavy (non-hydrogen) atoms. The molecule has 2 aromatic rings. The highest BCUT2D eigenvalue weighted by Gasteiger charge is 2.31. The number of fused-ring (bicyclic) bond motifs is 2. The monoisotopic (exact) mass is 461 g/mol. The van der Waals surface area contributed by atoms with Crippen molar-refractivity contribution >= 4 is 23.0 Å². The van der Waals surface area contributed by atoms with Gasteiger partial charge in [-0.15, -0.1) is 0 Å². The number of methoxy groups -OCH3 is 1. The molecule has 2 unspecified atom stereocenters. The second kappa shape index (κ2) is 9.41. The van der Waals surface area contributed by atoms with Gasteiger partial charge in [0, 0.05) is 23.9 Å². The second-order valence-corrected chi connectivity index (χ2v) is 9.41. The van der Waals surface area contributed by atoms with Gasteiger partial charge < -0.3 is 24.4 Å². The molecule has 2 aliphatic carbocycles. The predicted octanol–water partition coefficient (Wildman–Crippen LogP) is 4.24. The van der Waals surface area contributed by atoms with Gasteiger partial charge in [0.05, 0.1) is 37.4 Å². The number of carbonyl (C=O) groups is 2. The molecule has 1 fully saturated rings. The maximum Gasteiger partial charge on any atom is 0.308 e. The van der Waals surface area contributed by atoms with E-state index in [2.05, 4.69) is 41.9 Å². The number of ether oxygens (including phenoxy) is 1. The van der Waals surface area contributed by atoms with Crippen LogP contribution < -0.4 is 10.6 Å². The molecule has 2 atom stereocenters. The van der Waals surface area contributed by atoms with E-state index in [9.17, 15) is 9.59 Å². The molecule has 5 rings (SSSR count). The Balaban J connectivity index is 1.30. The van der Waals surface area contributed by atoms with Crippen LogP contribution in [0.4, 0.5) is 0 Å². The van der Waals surface area contributed by atoms with E-state index >= 15 is 0 Å². The summed E-state index contributed by atoms with van der Waals surface area (Å²) in [6, 6.07) is 3.88. The van der Waals surface area contributed by atoms with Gasteiger partial charge in [0.1, 0.15) is 5.69 Å². The average molecular weight is 462 g/mol. The molecule has 7 heteroatoms. The number of nitrogens with zero attached hydrogens (tertiary/aromatic N) is 1. The summed E-state index contributed by atoms with van der Waals surface area (Å²) in [5.74, 6) is 0.0901. The van der Waals surface area contributed by atoms with Crippen LogP contribution in [0.1, 0.15) is 43.1 Å². The first kappa shape index (κ1) is 22.3. The highest BCUT2D eigenvalue weighted by atomic mass is 16.5. The van der Waals surface area contributed by atoms with E-state index in [1.54, 1.807) is 6.26 Å². The fourth-order valence-electron chi connectivity index (χ4n) is 5.32. The summed E-state index contributed by atoms with van der Waals surface area (Å²) in [5.41, 5.74) is 4.44. The maximum atomic E-state index is 13.4. The Hall–Kier alpha value is -3.48. The summed E-state index contributed by atoms with van der Waals surface area (Å²) < 4.78 is 12.5. The number of furan rings is 1. The second-order valence-electron chi connectivity index (χ2n) is 9.41. The zero-order chi connectivity index (χ0) is 23.7. The Morgan fingerprint density at radius 3 is 2.85 bits per heavy atom. The Kier molecular flexibility index (Phi) is 6.18. The molecule has 1 amide bonds. The van der Waals surface area contributed by atoms with Gasteiger partial charge in [0.2, 0.25) is 0 Å². The third kappa shape index (κ3) is 4.34. The van der Waals surface area contributed by atoms with E-state index in [1.165, 1.54) is 12.7 Å². The van der Waals surface area contributed by atoms with Crippen molar-refractivity contribution in [2.45, 2.75) is 51.2 Å². The molecule has 3 aliphatic rings. The quantitative estimate of drug-likeness (QED) is 0.629. The smallest absolute Gasteiger partial charge is 0.308 e. The Bertz CT molecular complexity index is 1200. The average Bonchev–Trinajstić information content (AvgIpc) is 3.46. The molecule has 3 heterocycles. The van der Waals surface area contributed by atoms with E-state index in [-0.39, 0.29) is 29.9 Å². The fraction of sp³-hybridized carbons (Fsp3) is 0.407. The number of hydrogen-bond donors (Lipinski definition) is 2. The fourth-order valence-corrected chi connectivity index (χ4v) is 5.32. The standard InChI is InChI=1S/C27H31N3O4/c1-17(18-7-9-20(10-8-18)27(32)33-2)28-26(31)24-15-25-23(13-14-34-25)30(24)16-21-12-11-19-5-3-4-6-22(19)29-21/h3-6,11-15,17-18,20,22,29H,7-10,16H2,1-2H3,(H,28,31)/t17?,18-,20-,22?. The Morgan fingerprint density at radius 2 is 2.06 bits per heavy atom. The van der Waals surface area contributed by atoms with Crippen molar-refractivity contribution in [3.8, 4) is 0 Å². The summed E-state index contributed by atoms with van der Waals surface area (Å²) in [6.45, 7) is 2.60. The molecule has 1 aliphatic heterocycles. The number of amides is 1. The zero-order valence-electron chi connectivity index (χ0n) is 19.6. The van der Waals surface area contributed by atoms with Crippen LogP contribution in [0.3, 0.4) is 0 Å². The van der Waals surface area contributed by atoms with Gasteiger partial charge in [0.15, 0.2) is 5.58 Å². The lowest BCUT2D eigenvalue weighted by Gasteiger charge is -2.31. The van der Waals surface area contributed by atoms with Crippen LogP contribution >= 0.6 is 0 Å². The molecule has 0 aromatic carbocycles. The first-order valence-electron chi connectivity index (χ1n) is 12.0. The molecule has 1 saturated carbocycles. The van der Waals surface area contributed by atoms with E-state index < -0.39 is 0 Å². The topological polar surface area (TPSA) is 85.5 Å². The van der Waals surface area contributed by atoms with Crippen LogP contribution in [0.25, 0.3) is 11.1 Å². The zero-order valence-corrected chi connectivity index (χ0v) is 19.6. The first-order chi connectivity index (χ1) is 16.5. The van der Waals surface area contributed by atoms with E-state index in [4.69, 9.17) is 9.15 Å². The molecule has 178 valence electrons. The molecule has 0 radical (unpaired) electrons. The summed E-state index contributed by atoms with van der Waals surface area (Å²) in [6.07, 6.45) is 17.6. The summed E-state index contributed by atoms with van der Waals surface area (Å²) >= 11 is 0. The molecule has 0 spiro atoms. The van der Waals surface area contributed by atoms with Gasteiger partial charge in [-0.1, -0.05) is 30.4 Å². The minimum atomic E-state index is -0.122. The van der Waals surface area contributed by atoms with Crippen molar-refractivity contribution in [1.82, 2.24) is 15.2 Å². The highest BCUT2D eigenvalue weighted by molar-refractivity contribution is 5.97. The molecule has 2 N–H and O–H groups in total. The molecule has 0 bridgehead atoms. The van der Waals surface area contributed by atoms with Gasteiger partial charge in [-0.25, -0.2) is 0 Å². The van der Waals surface area contributed by atoms with Crippen molar-refractivity contribution in [2.75, 3.05) is 7.11 Å². The largest absolute Gasteiger partial charge is 0.469 e. The van der Waals surface area contributed by atoms with Gasteiger partial charge >= 0.3 is 5.97 Å². The van der Waals surface area contributed by atoms with Crippen molar-refractivity contribution in [1.29, 1.82) is 0 Å². The number of nitrogens with one attached hydrogen (secondary N) is 2.